The molecule has 2 saturated carbocycles. The highest BCUT2D eigenvalue weighted by Crippen LogP contribution is 2.36. The van der Waals surface area contributed by atoms with E-state index in [4.69, 9.17) is 4.74 Å². The smallest absolute Gasteiger partial charge is 0.305 e. The van der Waals surface area contributed by atoms with Gasteiger partial charge in [-0.2, -0.15) is 0 Å². The van der Waals surface area contributed by atoms with E-state index in [1.165, 1.54) is 70.6 Å². The van der Waals surface area contributed by atoms with Gasteiger partial charge in [0, 0.05) is 25.3 Å². The fourth-order valence-electron chi connectivity index (χ4n) is 5.57. The molecule has 0 aromatic heterocycles. The first-order chi connectivity index (χ1) is 16.1. The number of nitrogens with zero attached hydrogens (tertiary/aromatic N) is 1. The number of hydrogen-bond donors (Lipinski definition) is 0. The summed E-state index contributed by atoms with van der Waals surface area (Å²) in [6.45, 7) is 3.60. The number of likely N-dealkylation sites (N-methyl/N-ethyl adjacent to an activating group) is 1. The summed E-state index contributed by atoms with van der Waals surface area (Å²) in [4.78, 5) is 13.8. The quantitative estimate of drug-likeness (QED) is 0.118. The summed E-state index contributed by atoms with van der Waals surface area (Å²) in [7, 11) is 3.97. The first kappa shape index (κ1) is 28.0. The van der Waals surface area contributed by atoms with Gasteiger partial charge >= 0.3 is 5.97 Å². The zero-order valence-electron chi connectivity index (χ0n) is 22.0. The zero-order chi connectivity index (χ0) is 23.7. The summed E-state index contributed by atoms with van der Waals surface area (Å²) in [6.07, 6.45) is 24.5. The van der Waals surface area contributed by atoms with Crippen LogP contribution in [0.4, 0.5) is 0 Å². The molecule has 0 aromatic carbocycles. The molecule has 0 N–H and O–H groups in total. The van der Waals surface area contributed by atoms with Crippen molar-refractivity contribution in [1.82, 2.24) is 4.90 Å². The standard InChI is InChI=1S/C30H51NO2/c1-4-5-15-26(27-17-10-8-11-18-27)19-13-21-29-22-14-20-28(29)16-9-6-7-12-23-30(32)33-25-24-31(2)3/h6,9,26-29H,4-5,7-8,10-12,14-20,22-25H2,1-3H3/t26?,28-,29-/m0/s1. The van der Waals surface area contributed by atoms with Crippen LogP contribution in [-0.4, -0.2) is 38.1 Å². The summed E-state index contributed by atoms with van der Waals surface area (Å²) in [5.74, 6) is 10.4. The second kappa shape index (κ2) is 17.2. The van der Waals surface area contributed by atoms with Crippen LogP contribution in [0.25, 0.3) is 0 Å². The predicted molar refractivity (Wildman–Crippen MR) is 140 cm³/mol. The molecule has 2 aliphatic carbocycles. The van der Waals surface area contributed by atoms with Gasteiger partial charge in [0.05, 0.1) is 0 Å². The highest BCUT2D eigenvalue weighted by Gasteiger charge is 2.25. The second-order valence-electron chi connectivity index (χ2n) is 10.7. The van der Waals surface area contributed by atoms with Crippen molar-refractivity contribution in [2.24, 2.45) is 23.7 Å². The molecule has 188 valence electrons. The maximum absolute atomic E-state index is 11.7. The number of esters is 1. The first-order valence-corrected chi connectivity index (χ1v) is 14.0. The van der Waals surface area contributed by atoms with E-state index in [1.54, 1.807) is 0 Å². The summed E-state index contributed by atoms with van der Waals surface area (Å²) in [6, 6.07) is 0. The van der Waals surface area contributed by atoms with Crippen molar-refractivity contribution in [3.05, 3.63) is 12.2 Å². The van der Waals surface area contributed by atoms with Gasteiger partial charge < -0.3 is 9.64 Å². The van der Waals surface area contributed by atoms with Gasteiger partial charge in [-0.3, -0.25) is 4.79 Å². The largest absolute Gasteiger partial charge is 0.464 e. The second-order valence-corrected chi connectivity index (χ2v) is 10.7. The fourth-order valence-corrected chi connectivity index (χ4v) is 5.57. The highest BCUT2D eigenvalue weighted by molar-refractivity contribution is 5.69. The Balaban J connectivity index is 1.67. The fraction of sp³-hybridized carbons (Fsp3) is 0.833. The SMILES string of the molecule is CCCCC(CC#C[C@H]1CCC[C@@H]1CC=CCCCC(=O)OCCN(C)C)C1CCCCC1. The topological polar surface area (TPSA) is 29.5 Å². The maximum Gasteiger partial charge on any atom is 0.305 e. The molecule has 0 aliphatic heterocycles. The minimum atomic E-state index is -0.0677. The minimum Gasteiger partial charge on any atom is -0.464 e. The molecular weight excluding hydrogens is 406 g/mol. The Morgan fingerprint density at radius 1 is 1.06 bits per heavy atom. The number of unbranched alkanes of at least 4 members (excludes halogenated alkanes) is 2. The van der Waals surface area contributed by atoms with E-state index in [0.29, 0.717) is 18.9 Å². The van der Waals surface area contributed by atoms with Gasteiger partial charge in [0.2, 0.25) is 0 Å². The van der Waals surface area contributed by atoms with Crippen LogP contribution in [0.1, 0.15) is 110 Å². The molecule has 0 radical (unpaired) electrons. The lowest BCUT2D eigenvalue weighted by Crippen LogP contribution is -2.20. The number of allylic oxidation sites excluding steroid dienone is 2. The number of rotatable bonds is 14. The molecule has 0 spiro atoms. The summed E-state index contributed by atoms with van der Waals surface area (Å²) >= 11 is 0. The van der Waals surface area contributed by atoms with Gasteiger partial charge in [0.15, 0.2) is 0 Å². The van der Waals surface area contributed by atoms with Crippen LogP contribution in [0.5, 0.6) is 0 Å². The lowest BCUT2D eigenvalue weighted by molar-refractivity contribution is -0.144. The van der Waals surface area contributed by atoms with E-state index in [-0.39, 0.29) is 5.97 Å². The van der Waals surface area contributed by atoms with Gasteiger partial charge in [0.1, 0.15) is 6.61 Å². The molecule has 2 aliphatic rings. The Bertz CT molecular complexity index is 609. The molecule has 0 bridgehead atoms. The summed E-state index contributed by atoms with van der Waals surface area (Å²) < 4.78 is 5.25. The van der Waals surface area contributed by atoms with Crippen LogP contribution < -0.4 is 0 Å². The van der Waals surface area contributed by atoms with Crippen LogP contribution in [0, 0.1) is 35.5 Å². The van der Waals surface area contributed by atoms with Crippen molar-refractivity contribution >= 4 is 5.97 Å². The molecule has 0 amide bonds. The van der Waals surface area contributed by atoms with Crippen molar-refractivity contribution < 1.29 is 9.53 Å². The highest BCUT2D eigenvalue weighted by atomic mass is 16.5. The predicted octanol–water partition coefficient (Wildman–Crippen LogP) is 7.40. The van der Waals surface area contributed by atoms with Crippen molar-refractivity contribution in [2.75, 3.05) is 27.2 Å². The van der Waals surface area contributed by atoms with E-state index in [9.17, 15) is 4.79 Å². The minimum absolute atomic E-state index is 0.0677. The van der Waals surface area contributed by atoms with Crippen LogP contribution >= 0.6 is 0 Å². The third-order valence-corrected chi connectivity index (χ3v) is 7.71. The third kappa shape index (κ3) is 12.1. The van der Waals surface area contributed by atoms with Gasteiger partial charge in [-0.05, 0) is 70.4 Å². The van der Waals surface area contributed by atoms with Crippen LogP contribution in [0.2, 0.25) is 0 Å². The van der Waals surface area contributed by atoms with E-state index < -0.39 is 0 Å². The molecular formula is C30H51NO2. The summed E-state index contributed by atoms with van der Waals surface area (Å²) in [5.41, 5.74) is 0. The molecule has 0 saturated heterocycles. The molecule has 1 unspecified atom stereocenters. The molecule has 33 heavy (non-hydrogen) atoms. The van der Waals surface area contributed by atoms with Gasteiger partial charge in [-0.25, -0.2) is 0 Å². The van der Waals surface area contributed by atoms with E-state index in [1.807, 2.05) is 19.0 Å². The van der Waals surface area contributed by atoms with Gasteiger partial charge in [-0.1, -0.05) is 76.4 Å². The summed E-state index contributed by atoms with van der Waals surface area (Å²) in [5, 5.41) is 0. The van der Waals surface area contributed by atoms with Crippen LogP contribution in [-0.2, 0) is 9.53 Å². The number of hydrogen-bond acceptors (Lipinski definition) is 3. The Labute approximate surface area is 205 Å². The normalized spacial score (nSPS) is 22.4. The average Bonchev–Trinajstić information content (AvgIpc) is 3.26. The molecule has 0 aromatic rings. The van der Waals surface area contributed by atoms with E-state index in [0.717, 1.165) is 50.0 Å². The first-order valence-electron chi connectivity index (χ1n) is 14.0. The van der Waals surface area contributed by atoms with Gasteiger partial charge in [0.25, 0.3) is 0 Å². The molecule has 2 rings (SSSR count). The Morgan fingerprint density at radius 3 is 2.64 bits per heavy atom. The molecule has 3 nitrogen and oxygen atoms in total. The van der Waals surface area contributed by atoms with E-state index >= 15 is 0 Å². The Kier molecular flexibility index (Phi) is 14.6. The van der Waals surface area contributed by atoms with Crippen molar-refractivity contribution in [2.45, 2.75) is 110 Å². The monoisotopic (exact) mass is 457 g/mol. The van der Waals surface area contributed by atoms with Crippen molar-refractivity contribution in [3.63, 3.8) is 0 Å². The van der Waals surface area contributed by atoms with Crippen LogP contribution in [0.15, 0.2) is 12.2 Å². The zero-order valence-corrected chi connectivity index (χ0v) is 22.0. The molecule has 2 fully saturated rings. The molecule has 3 heteroatoms. The average molecular weight is 458 g/mol. The number of carbonyl (C=O) groups excluding carboxylic acids is 1. The van der Waals surface area contributed by atoms with Gasteiger partial charge in [-0.15, -0.1) is 5.92 Å². The number of carbonyl (C=O) groups is 1. The lowest BCUT2D eigenvalue weighted by Gasteiger charge is -2.29. The van der Waals surface area contributed by atoms with Crippen molar-refractivity contribution in [3.8, 4) is 11.8 Å². The van der Waals surface area contributed by atoms with Crippen LogP contribution in [0.3, 0.4) is 0 Å². The van der Waals surface area contributed by atoms with Crippen molar-refractivity contribution in [1.29, 1.82) is 0 Å². The molecule has 0 heterocycles. The molecule has 3 atom stereocenters. The maximum atomic E-state index is 11.7. The Hall–Kier alpha value is -1.27. The number of ether oxygens (including phenoxy) is 1. The third-order valence-electron chi connectivity index (χ3n) is 7.71. The Morgan fingerprint density at radius 2 is 1.88 bits per heavy atom. The van der Waals surface area contributed by atoms with E-state index in [2.05, 4.69) is 30.9 Å². The lowest BCUT2D eigenvalue weighted by atomic mass is 9.76.